The molecular weight excluding hydrogens is 342 g/mol. The van der Waals surface area contributed by atoms with Crippen molar-refractivity contribution in [3.63, 3.8) is 0 Å². The van der Waals surface area contributed by atoms with Crippen molar-refractivity contribution >= 4 is 23.5 Å². The predicted octanol–water partition coefficient (Wildman–Crippen LogP) is 3.65. The Morgan fingerprint density at radius 3 is 2.92 bits per heavy atom. The molecule has 1 saturated heterocycles. The third kappa shape index (κ3) is 3.77. The Morgan fingerprint density at radius 1 is 1.48 bits per heavy atom. The molecule has 0 radical (unpaired) electrons. The van der Waals surface area contributed by atoms with E-state index >= 15 is 0 Å². The van der Waals surface area contributed by atoms with Crippen molar-refractivity contribution in [2.24, 2.45) is 5.92 Å². The zero-order valence-electron chi connectivity index (χ0n) is 13.9. The number of oxazole rings is 1. The quantitative estimate of drug-likeness (QED) is 0.775. The number of hydrogen-bond donors (Lipinski definition) is 0. The lowest BCUT2D eigenvalue weighted by atomic mass is 9.98. The standard InChI is InChI=1S/C18H18ClN3O3/c1-2-24-18(23)13-4-3-9-22(11-13)17-15(10-20)21-16(25-17)12-5-7-14(19)8-6-12/h5-8,13H,2-4,9,11H2,1H3. The Hall–Kier alpha value is -2.52. The minimum absolute atomic E-state index is 0.205. The van der Waals surface area contributed by atoms with E-state index in [1.807, 2.05) is 4.90 Å². The average molecular weight is 360 g/mol. The Labute approximate surface area is 151 Å². The van der Waals surface area contributed by atoms with Gasteiger partial charge in [-0.05, 0) is 44.0 Å². The highest BCUT2D eigenvalue weighted by atomic mass is 35.5. The molecule has 1 aliphatic rings. The van der Waals surface area contributed by atoms with Gasteiger partial charge >= 0.3 is 5.97 Å². The number of rotatable bonds is 4. The zero-order chi connectivity index (χ0) is 17.8. The number of halogens is 1. The van der Waals surface area contributed by atoms with Crippen molar-refractivity contribution in [2.75, 3.05) is 24.6 Å². The van der Waals surface area contributed by atoms with Crippen LogP contribution in [-0.2, 0) is 9.53 Å². The molecule has 1 atom stereocenters. The Balaban J connectivity index is 1.85. The number of benzene rings is 1. The fraction of sp³-hybridized carbons (Fsp3) is 0.389. The molecule has 0 N–H and O–H groups in total. The molecule has 1 aromatic carbocycles. The zero-order valence-corrected chi connectivity index (χ0v) is 14.6. The number of piperidine rings is 1. The summed E-state index contributed by atoms with van der Waals surface area (Å²) in [5.74, 6) is 0.343. The third-order valence-corrected chi connectivity index (χ3v) is 4.39. The first-order valence-corrected chi connectivity index (χ1v) is 8.58. The van der Waals surface area contributed by atoms with E-state index in [9.17, 15) is 10.1 Å². The summed E-state index contributed by atoms with van der Waals surface area (Å²) in [6.45, 7) is 3.32. The van der Waals surface area contributed by atoms with Crippen LogP contribution in [0.5, 0.6) is 0 Å². The van der Waals surface area contributed by atoms with Crippen LogP contribution >= 0.6 is 11.6 Å². The van der Waals surface area contributed by atoms with Gasteiger partial charge in [-0.25, -0.2) is 0 Å². The first-order chi connectivity index (χ1) is 12.1. The number of hydrogen-bond acceptors (Lipinski definition) is 6. The second-order valence-corrected chi connectivity index (χ2v) is 6.27. The maximum atomic E-state index is 12.0. The summed E-state index contributed by atoms with van der Waals surface area (Å²) in [5.41, 5.74) is 0.959. The number of carbonyl (C=O) groups is 1. The molecule has 1 aromatic heterocycles. The van der Waals surface area contributed by atoms with Crippen LogP contribution in [0.2, 0.25) is 5.02 Å². The topological polar surface area (TPSA) is 79.4 Å². The van der Waals surface area contributed by atoms with Crippen molar-refractivity contribution in [2.45, 2.75) is 19.8 Å². The van der Waals surface area contributed by atoms with Crippen molar-refractivity contribution in [1.29, 1.82) is 5.26 Å². The van der Waals surface area contributed by atoms with Crippen LogP contribution in [0.4, 0.5) is 5.88 Å². The highest BCUT2D eigenvalue weighted by Crippen LogP contribution is 2.31. The maximum Gasteiger partial charge on any atom is 0.310 e. The van der Waals surface area contributed by atoms with Crippen LogP contribution in [0.15, 0.2) is 28.7 Å². The fourth-order valence-corrected chi connectivity index (χ4v) is 3.06. The van der Waals surface area contributed by atoms with Crippen LogP contribution in [0.3, 0.4) is 0 Å². The summed E-state index contributed by atoms with van der Waals surface area (Å²) in [6.07, 6.45) is 1.60. The van der Waals surface area contributed by atoms with Gasteiger partial charge < -0.3 is 14.1 Å². The predicted molar refractivity (Wildman–Crippen MR) is 93.2 cm³/mol. The van der Waals surface area contributed by atoms with Gasteiger partial charge in [0.2, 0.25) is 17.5 Å². The van der Waals surface area contributed by atoms with E-state index in [0.29, 0.717) is 36.5 Å². The van der Waals surface area contributed by atoms with Gasteiger partial charge in [-0.15, -0.1) is 0 Å². The summed E-state index contributed by atoms with van der Waals surface area (Å²) in [7, 11) is 0. The van der Waals surface area contributed by atoms with E-state index in [1.54, 1.807) is 31.2 Å². The molecule has 0 aliphatic carbocycles. The Bertz CT molecular complexity index is 795. The summed E-state index contributed by atoms with van der Waals surface area (Å²) >= 11 is 5.90. The Morgan fingerprint density at radius 2 is 2.24 bits per heavy atom. The third-order valence-electron chi connectivity index (χ3n) is 4.13. The van der Waals surface area contributed by atoms with E-state index in [-0.39, 0.29) is 17.6 Å². The summed E-state index contributed by atoms with van der Waals surface area (Å²) < 4.78 is 11.0. The maximum absolute atomic E-state index is 12.0. The van der Waals surface area contributed by atoms with Gasteiger partial charge in [0.1, 0.15) is 6.07 Å². The molecule has 7 heteroatoms. The van der Waals surface area contributed by atoms with E-state index < -0.39 is 0 Å². The van der Waals surface area contributed by atoms with Gasteiger partial charge in [-0.2, -0.15) is 10.2 Å². The normalized spacial score (nSPS) is 17.2. The Kier molecular flexibility index (Phi) is 5.25. The van der Waals surface area contributed by atoms with Gasteiger partial charge in [0, 0.05) is 23.7 Å². The van der Waals surface area contributed by atoms with Crippen molar-refractivity contribution < 1.29 is 13.9 Å². The number of carbonyl (C=O) groups excluding carboxylic acids is 1. The second-order valence-electron chi connectivity index (χ2n) is 5.83. The first-order valence-electron chi connectivity index (χ1n) is 8.20. The minimum Gasteiger partial charge on any atom is -0.466 e. The number of nitrogens with zero attached hydrogens (tertiary/aromatic N) is 3. The van der Waals surface area contributed by atoms with Crippen molar-refractivity contribution in [1.82, 2.24) is 4.98 Å². The summed E-state index contributed by atoms with van der Waals surface area (Å²) in [4.78, 5) is 18.2. The number of esters is 1. The van der Waals surface area contributed by atoms with Gasteiger partial charge in [-0.1, -0.05) is 11.6 Å². The van der Waals surface area contributed by atoms with Crippen molar-refractivity contribution in [3.8, 4) is 17.5 Å². The number of aromatic nitrogens is 1. The molecule has 0 amide bonds. The van der Waals surface area contributed by atoms with Gasteiger partial charge in [0.15, 0.2) is 0 Å². The number of anilines is 1. The van der Waals surface area contributed by atoms with Gasteiger partial charge in [-0.3, -0.25) is 4.79 Å². The van der Waals surface area contributed by atoms with Crippen LogP contribution in [0, 0.1) is 17.2 Å². The lowest BCUT2D eigenvalue weighted by Gasteiger charge is -2.31. The molecule has 0 saturated carbocycles. The van der Waals surface area contributed by atoms with Gasteiger partial charge in [0.05, 0.1) is 12.5 Å². The van der Waals surface area contributed by atoms with Crippen LogP contribution in [-0.4, -0.2) is 30.6 Å². The molecule has 0 bridgehead atoms. The molecule has 1 unspecified atom stereocenters. The van der Waals surface area contributed by atoms with E-state index in [4.69, 9.17) is 20.8 Å². The molecule has 0 spiro atoms. The average Bonchev–Trinajstić information content (AvgIpc) is 3.07. The SMILES string of the molecule is CCOC(=O)C1CCCN(c2oc(-c3ccc(Cl)cc3)nc2C#N)C1. The molecular formula is C18H18ClN3O3. The minimum atomic E-state index is -0.218. The molecule has 25 heavy (non-hydrogen) atoms. The van der Waals surface area contributed by atoms with E-state index in [2.05, 4.69) is 11.1 Å². The van der Waals surface area contributed by atoms with Crippen molar-refractivity contribution in [3.05, 3.63) is 35.0 Å². The number of nitriles is 1. The highest BCUT2D eigenvalue weighted by molar-refractivity contribution is 6.30. The van der Waals surface area contributed by atoms with Gasteiger partial charge in [0.25, 0.3) is 0 Å². The molecule has 6 nitrogen and oxygen atoms in total. The molecule has 2 aromatic rings. The monoisotopic (exact) mass is 359 g/mol. The van der Waals surface area contributed by atoms with Crippen LogP contribution in [0.1, 0.15) is 25.5 Å². The largest absolute Gasteiger partial charge is 0.466 e. The smallest absolute Gasteiger partial charge is 0.310 e. The molecule has 1 fully saturated rings. The second kappa shape index (κ2) is 7.58. The lowest BCUT2D eigenvalue weighted by molar-refractivity contribution is -0.148. The first kappa shape index (κ1) is 17.3. The molecule has 3 rings (SSSR count). The summed E-state index contributed by atoms with van der Waals surface area (Å²) in [6, 6.07) is 9.13. The summed E-state index contributed by atoms with van der Waals surface area (Å²) in [5, 5.41) is 10.0. The molecule has 1 aliphatic heterocycles. The number of ether oxygens (including phenoxy) is 1. The van der Waals surface area contributed by atoms with Crippen LogP contribution in [0.25, 0.3) is 11.5 Å². The molecule has 130 valence electrons. The van der Waals surface area contributed by atoms with Crippen LogP contribution < -0.4 is 4.90 Å². The van der Waals surface area contributed by atoms with E-state index in [1.165, 1.54) is 0 Å². The van der Waals surface area contributed by atoms with E-state index in [0.717, 1.165) is 18.4 Å². The fourth-order valence-electron chi connectivity index (χ4n) is 2.93. The highest BCUT2D eigenvalue weighted by Gasteiger charge is 2.30. The molecule has 2 heterocycles. The lowest BCUT2D eigenvalue weighted by Crippen LogP contribution is -2.39.